The monoisotopic (exact) mass is 474 g/mol. The highest BCUT2D eigenvalue weighted by atomic mass is 16.1. The quantitative estimate of drug-likeness (QED) is 0.215. The lowest BCUT2D eigenvalue weighted by molar-refractivity contribution is -0.649. The molecule has 1 aliphatic heterocycles. The van der Waals surface area contributed by atoms with E-state index in [4.69, 9.17) is 0 Å². The molecular formula is C26H20N10+. The summed E-state index contributed by atoms with van der Waals surface area (Å²) in [6.45, 7) is 0. The van der Waals surface area contributed by atoms with Crippen LogP contribution in [0.2, 0.25) is 0 Å². The fraction of sp³-hybridized carbons (Fsp3) is 0. The van der Waals surface area contributed by atoms with Crippen LogP contribution in [-0.2, 0) is 0 Å². The van der Waals surface area contributed by atoms with Gasteiger partial charge >= 0.3 is 5.95 Å². The number of hydrogen-bond donors (Lipinski definition) is 0. The molecule has 0 fully saturated rings. The number of nitrogens with zero attached hydrogens (tertiary/aromatic N) is 10. The first kappa shape index (κ1) is 21.3. The van der Waals surface area contributed by atoms with Crippen LogP contribution in [0.1, 0.15) is 0 Å². The van der Waals surface area contributed by atoms with Gasteiger partial charge in [0.05, 0.1) is 16.5 Å². The third-order valence-corrected chi connectivity index (χ3v) is 5.30. The second-order valence-electron chi connectivity index (χ2n) is 7.72. The molecular weight excluding hydrogens is 454 g/mol. The highest BCUT2D eigenvalue weighted by Crippen LogP contribution is 2.23. The summed E-state index contributed by atoms with van der Waals surface area (Å²) in [5.41, 5.74) is 7.83. The van der Waals surface area contributed by atoms with Gasteiger partial charge < -0.3 is 0 Å². The van der Waals surface area contributed by atoms with Gasteiger partial charge in [-0.05, 0) is 58.4 Å². The van der Waals surface area contributed by atoms with Gasteiger partial charge in [-0.1, -0.05) is 77.5 Å². The zero-order chi connectivity index (χ0) is 24.2. The average Bonchev–Trinajstić information content (AvgIpc) is 3.59. The fourth-order valence-corrected chi connectivity index (χ4v) is 3.57. The van der Waals surface area contributed by atoms with Crippen molar-refractivity contribution in [3.8, 4) is 11.4 Å². The summed E-state index contributed by atoms with van der Waals surface area (Å²) in [6, 6.07) is 38.6. The van der Waals surface area contributed by atoms with Crippen molar-refractivity contribution in [1.29, 1.82) is 0 Å². The van der Waals surface area contributed by atoms with E-state index in [0.29, 0.717) is 11.9 Å². The first-order valence-electron chi connectivity index (χ1n) is 11.3. The molecule has 173 valence electrons. The van der Waals surface area contributed by atoms with Crippen molar-refractivity contribution in [3.63, 3.8) is 0 Å². The van der Waals surface area contributed by atoms with Crippen LogP contribution in [0.4, 0.5) is 17.3 Å². The van der Waals surface area contributed by atoms with Crippen LogP contribution in [0.3, 0.4) is 0 Å². The Balaban J connectivity index is 1.40. The summed E-state index contributed by atoms with van der Waals surface area (Å²) >= 11 is 0. The minimum absolute atomic E-state index is 0.291. The van der Waals surface area contributed by atoms with Crippen molar-refractivity contribution >= 4 is 23.3 Å². The molecule has 0 saturated heterocycles. The van der Waals surface area contributed by atoms with Crippen molar-refractivity contribution in [1.82, 2.24) is 20.6 Å². The third kappa shape index (κ3) is 4.31. The van der Waals surface area contributed by atoms with Gasteiger partial charge in [-0.15, -0.1) is 5.10 Å². The molecule has 0 unspecified atom stereocenters. The van der Waals surface area contributed by atoms with E-state index in [1.165, 1.54) is 9.91 Å². The normalized spacial score (nSPS) is 13.4. The topological polar surface area (TPSA) is 92.2 Å². The summed E-state index contributed by atoms with van der Waals surface area (Å²) in [5.74, 6) is 0.581. The summed E-state index contributed by atoms with van der Waals surface area (Å²) in [6.07, 6.45) is 0. The van der Waals surface area contributed by atoms with Gasteiger partial charge in [0.25, 0.3) is 5.96 Å². The highest BCUT2D eigenvalue weighted by Gasteiger charge is 2.29. The molecule has 0 spiro atoms. The van der Waals surface area contributed by atoms with Gasteiger partial charge in [0.1, 0.15) is 11.4 Å². The summed E-state index contributed by atoms with van der Waals surface area (Å²) in [7, 11) is 0. The van der Waals surface area contributed by atoms with Crippen molar-refractivity contribution in [2.75, 3.05) is 10.1 Å². The summed E-state index contributed by atoms with van der Waals surface area (Å²) < 4.78 is 1.63. The van der Waals surface area contributed by atoms with E-state index in [1.54, 1.807) is 9.69 Å². The van der Waals surface area contributed by atoms with Gasteiger partial charge in [0, 0.05) is 15.9 Å². The molecule has 6 rings (SSSR count). The number of tetrazole rings is 1. The largest absolute Gasteiger partial charge is 0.461 e. The maximum atomic E-state index is 4.62. The molecule has 1 aromatic heterocycles. The maximum absolute atomic E-state index is 4.62. The number of guanidine groups is 1. The zero-order valence-electron chi connectivity index (χ0n) is 19.0. The Morgan fingerprint density at radius 3 is 1.78 bits per heavy atom. The number of benzene rings is 4. The molecule has 5 aromatic rings. The number of anilines is 2. The van der Waals surface area contributed by atoms with Gasteiger partial charge in [-0.2, -0.15) is 10.1 Å². The second kappa shape index (κ2) is 9.57. The Bertz CT molecular complexity index is 1500. The summed E-state index contributed by atoms with van der Waals surface area (Å²) in [4.78, 5) is 1.52. The van der Waals surface area contributed by atoms with Crippen LogP contribution in [0.5, 0.6) is 0 Å². The smallest absolute Gasteiger partial charge is 0.200 e. The number of aromatic nitrogens is 4. The lowest BCUT2D eigenvalue weighted by atomic mass is 10.3. The SMILES string of the molecule is c1ccc(N2[N]N(c3ccccc3)C(/[15N]=[15N]/c3nn(-c4ccccc4)n[n+]3-c3ccccc3)=N2)cc1. The molecule has 1 aliphatic rings. The van der Waals surface area contributed by atoms with Crippen LogP contribution in [0, 0.1) is 0 Å². The summed E-state index contributed by atoms with van der Waals surface area (Å²) in [5, 5.41) is 25.8. The number of rotatable bonds is 5. The second-order valence-corrected chi connectivity index (χ2v) is 7.72. The average molecular weight is 475 g/mol. The van der Waals surface area contributed by atoms with Crippen molar-refractivity contribution < 1.29 is 4.68 Å². The third-order valence-electron chi connectivity index (χ3n) is 5.30. The minimum Gasteiger partial charge on any atom is -0.200 e. The standard InChI is InChI=1S/C26H20N10/c1-5-13-21(14-6-1)33-25(29-35(31-33)23-17-9-3-10-18-23)27-28-26-30-36(24-19-11-4-12-20-24)32-34(26)22-15-7-2-8-16-22/h1-20H/q+1/b28-27+/i27+1,28+1. The van der Waals surface area contributed by atoms with Crippen LogP contribution in [-0.4, -0.2) is 21.1 Å². The number of hydrogen-bond acceptors (Lipinski definition) is 7. The van der Waals surface area contributed by atoms with Crippen LogP contribution >= 0.6 is 0 Å². The first-order valence-corrected chi connectivity index (χ1v) is 11.3. The minimum atomic E-state index is 0.291. The Labute approximate surface area is 207 Å². The number of para-hydroxylation sites is 4. The maximum Gasteiger partial charge on any atom is 0.461 e. The van der Waals surface area contributed by atoms with E-state index in [0.717, 1.165) is 22.7 Å². The van der Waals surface area contributed by atoms with Gasteiger partial charge in [0.15, 0.2) is 0 Å². The number of azo groups is 1. The van der Waals surface area contributed by atoms with Crippen molar-refractivity contribution in [3.05, 3.63) is 121 Å². The lowest BCUT2D eigenvalue weighted by Crippen LogP contribution is -2.36. The molecule has 2 heterocycles. The lowest BCUT2D eigenvalue weighted by Gasteiger charge is -2.16. The van der Waals surface area contributed by atoms with Gasteiger partial charge in [-0.3, -0.25) is 0 Å². The Hall–Kier alpha value is -5.22. The zero-order valence-corrected chi connectivity index (χ0v) is 19.0. The molecule has 10 nitrogen and oxygen atoms in total. The Kier molecular flexibility index (Phi) is 5.67. The van der Waals surface area contributed by atoms with Crippen molar-refractivity contribution in [2.24, 2.45) is 15.3 Å². The van der Waals surface area contributed by atoms with Crippen LogP contribution in [0.15, 0.2) is 137 Å². The molecule has 0 atom stereocenters. The van der Waals surface area contributed by atoms with E-state index in [9.17, 15) is 0 Å². The Morgan fingerprint density at radius 1 is 0.583 bits per heavy atom. The predicted octanol–water partition coefficient (Wildman–Crippen LogP) is 4.36. The predicted molar refractivity (Wildman–Crippen MR) is 135 cm³/mol. The molecule has 0 N–H and O–H groups in total. The molecule has 0 bridgehead atoms. The van der Waals surface area contributed by atoms with E-state index >= 15 is 0 Å². The Morgan fingerprint density at radius 2 is 1.14 bits per heavy atom. The molecule has 36 heavy (non-hydrogen) atoms. The van der Waals surface area contributed by atoms with Crippen LogP contribution < -0.4 is 20.3 Å². The number of hydrazone groups is 1. The van der Waals surface area contributed by atoms with Gasteiger partial charge in [-0.25, -0.2) is 0 Å². The molecule has 0 aliphatic carbocycles. The molecule has 4 aromatic carbocycles. The first-order chi connectivity index (χ1) is 17.8. The van der Waals surface area contributed by atoms with E-state index in [2.05, 4.69) is 31.2 Å². The molecule has 0 saturated carbocycles. The van der Waals surface area contributed by atoms with E-state index in [1.807, 2.05) is 121 Å². The fourth-order valence-electron chi connectivity index (χ4n) is 3.57. The molecule has 10 heteroatoms. The van der Waals surface area contributed by atoms with Crippen molar-refractivity contribution in [2.45, 2.75) is 0 Å². The van der Waals surface area contributed by atoms with E-state index < -0.39 is 0 Å². The van der Waals surface area contributed by atoms with Crippen LogP contribution in [0.25, 0.3) is 11.4 Å². The van der Waals surface area contributed by atoms with E-state index in [-0.39, 0.29) is 0 Å². The van der Waals surface area contributed by atoms with Gasteiger partial charge in [0.2, 0.25) is 0 Å². The highest BCUT2D eigenvalue weighted by molar-refractivity contribution is 5.98. The molecule has 0 amide bonds. The molecule has 1 radical (unpaired) electrons.